The molecule has 1 aliphatic rings. The summed E-state index contributed by atoms with van der Waals surface area (Å²) in [7, 11) is 0. The first-order valence-electron chi connectivity index (χ1n) is 7.88. The topological polar surface area (TPSA) is 28.2 Å². The summed E-state index contributed by atoms with van der Waals surface area (Å²) in [6, 6.07) is 13.4. The summed E-state index contributed by atoms with van der Waals surface area (Å²) in [6.45, 7) is 6.35. The summed E-state index contributed by atoms with van der Waals surface area (Å²) in [6.07, 6.45) is 4.19. The Morgan fingerprint density at radius 2 is 2.05 bits per heavy atom. The molecular weight excluding hydrogens is 258 g/mol. The number of hydrogen-bond acceptors (Lipinski definition) is 3. The third-order valence-electron chi connectivity index (χ3n) is 4.19. The number of anilines is 2. The summed E-state index contributed by atoms with van der Waals surface area (Å²) in [5, 5.41) is 3.48. The number of hydrogen-bond donors (Lipinski definition) is 1. The van der Waals surface area contributed by atoms with Crippen molar-refractivity contribution in [1.29, 1.82) is 0 Å². The molecule has 0 radical (unpaired) electrons. The van der Waals surface area contributed by atoms with Gasteiger partial charge in [0, 0.05) is 18.3 Å². The summed E-state index contributed by atoms with van der Waals surface area (Å²) in [5.74, 6) is 0. The van der Waals surface area contributed by atoms with Crippen molar-refractivity contribution in [3.05, 3.63) is 53.9 Å². The van der Waals surface area contributed by atoms with Crippen molar-refractivity contribution >= 4 is 11.4 Å². The molecule has 1 N–H and O–H groups in total. The van der Waals surface area contributed by atoms with Crippen molar-refractivity contribution in [2.24, 2.45) is 0 Å². The number of aromatic nitrogens is 1. The maximum absolute atomic E-state index is 4.68. The van der Waals surface area contributed by atoms with Crippen LogP contribution >= 0.6 is 0 Å². The summed E-state index contributed by atoms with van der Waals surface area (Å²) < 4.78 is 0. The fourth-order valence-corrected chi connectivity index (χ4v) is 3.07. The molecule has 0 amide bonds. The Hall–Kier alpha value is -1.87. The Kier molecular flexibility index (Phi) is 4.20. The van der Waals surface area contributed by atoms with Gasteiger partial charge in [0.2, 0.25) is 0 Å². The maximum atomic E-state index is 4.68. The molecule has 0 saturated carbocycles. The molecule has 0 fully saturated rings. The highest BCUT2D eigenvalue weighted by atomic mass is 15.2. The zero-order valence-corrected chi connectivity index (χ0v) is 12.8. The Morgan fingerprint density at radius 1 is 1.19 bits per heavy atom. The molecule has 1 unspecified atom stereocenters. The predicted molar refractivity (Wildman–Crippen MR) is 88.1 cm³/mol. The second kappa shape index (κ2) is 6.27. The SMILES string of the molecule is CCNC(CC)c1ccc(N2CCc3ccccc32)cn1. The van der Waals surface area contributed by atoms with E-state index in [1.807, 2.05) is 6.20 Å². The zero-order chi connectivity index (χ0) is 14.7. The monoisotopic (exact) mass is 281 g/mol. The lowest BCUT2D eigenvalue weighted by atomic mass is 10.1. The normalized spacial score (nSPS) is 15.0. The molecule has 1 aromatic carbocycles. The van der Waals surface area contributed by atoms with Crippen molar-refractivity contribution < 1.29 is 0 Å². The van der Waals surface area contributed by atoms with Crippen LogP contribution in [0.25, 0.3) is 0 Å². The van der Waals surface area contributed by atoms with Gasteiger partial charge in [-0.05, 0) is 43.1 Å². The zero-order valence-electron chi connectivity index (χ0n) is 12.8. The van der Waals surface area contributed by atoms with E-state index in [9.17, 15) is 0 Å². The lowest BCUT2D eigenvalue weighted by Gasteiger charge is -2.21. The van der Waals surface area contributed by atoms with Crippen molar-refractivity contribution in [3.63, 3.8) is 0 Å². The van der Waals surface area contributed by atoms with E-state index in [0.717, 1.165) is 31.6 Å². The van der Waals surface area contributed by atoms with Crippen molar-refractivity contribution in [2.45, 2.75) is 32.7 Å². The van der Waals surface area contributed by atoms with Crippen LogP contribution in [0.4, 0.5) is 11.4 Å². The van der Waals surface area contributed by atoms with Gasteiger partial charge < -0.3 is 10.2 Å². The maximum Gasteiger partial charge on any atom is 0.0597 e. The molecule has 0 saturated heterocycles. The average Bonchev–Trinajstić information content (AvgIpc) is 2.97. The highest BCUT2D eigenvalue weighted by Crippen LogP contribution is 2.34. The van der Waals surface area contributed by atoms with E-state index in [1.165, 1.54) is 16.9 Å². The number of rotatable bonds is 5. The number of para-hydroxylation sites is 1. The van der Waals surface area contributed by atoms with Gasteiger partial charge in [0.1, 0.15) is 0 Å². The molecule has 0 aliphatic carbocycles. The second-order valence-corrected chi connectivity index (χ2v) is 5.49. The van der Waals surface area contributed by atoms with Crippen molar-refractivity contribution in [1.82, 2.24) is 10.3 Å². The first-order chi connectivity index (χ1) is 10.3. The van der Waals surface area contributed by atoms with Gasteiger partial charge in [0.15, 0.2) is 0 Å². The smallest absolute Gasteiger partial charge is 0.0597 e. The van der Waals surface area contributed by atoms with Gasteiger partial charge in [-0.3, -0.25) is 4.98 Å². The molecular formula is C18H23N3. The quantitative estimate of drug-likeness (QED) is 0.902. The standard InChI is InChI=1S/C18H23N3/c1-3-16(19-4-2)17-10-9-15(13-20-17)21-12-11-14-7-5-6-8-18(14)21/h5-10,13,16,19H,3-4,11-12H2,1-2H3. The van der Waals surface area contributed by atoms with Crippen LogP contribution in [0.2, 0.25) is 0 Å². The number of fused-ring (bicyclic) bond motifs is 1. The van der Waals surface area contributed by atoms with E-state index >= 15 is 0 Å². The highest BCUT2D eigenvalue weighted by Gasteiger charge is 2.20. The minimum absolute atomic E-state index is 0.356. The Bertz CT molecular complexity index is 592. The van der Waals surface area contributed by atoms with E-state index in [1.54, 1.807) is 0 Å². The molecule has 110 valence electrons. The molecule has 0 bridgehead atoms. The van der Waals surface area contributed by atoms with Gasteiger partial charge in [-0.15, -0.1) is 0 Å². The molecule has 2 heterocycles. The lowest BCUT2D eigenvalue weighted by molar-refractivity contribution is 0.525. The van der Waals surface area contributed by atoms with E-state index < -0.39 is 0 Å². The van der Waals surface area contributed by atoms with Crippen LogP contribution in [0, 0.1) is 0 Å². The van der Waals surface area contributed by atoms with E-state index in [2.05, 4.69) is 65.4 Å². The molecule has 3 nitrogen and oxygen atoms in total. The highest BCUT2D eigenvalue weighted by molar-refractivity contribution is 5.69. The van der Waals surface area contributed by atoms with Crippen LogP contribution in [0.15, 0.2) is 42.6 Å². The second-order valence-electron chi connectivity index (χ2n) is 5.49. The number of pyridine rings is 1. The molecule has 3 rings (SSSR count). The van der Waals surface area contributed by atoms with Crippen LogP contribution in [0.1, 0.15) is 37.6 Å². The third kappa shape index (κ3) is 2.79. The number of benzene rings is 1. The van der Waals surface area contributed by atoms with Crippen LogP contribution < -0.4 is 10.2 Å². The Morgan fingerprint density at radius 3 is 2.76 bits per heavy atom. The van der Waals surface area contributed by atoms with Crippen molar-refractivity contribution in [2.75, 3.05) is 18.0 Å². The fourth-order valence-electron chi connectivity index (χ4n) is 3.07. The van der Waals surface area contributed by atoms with Crippen molar-refractivity contribution in [3.8, 4) is 0 Å². The number of nitrogens with zero attached hydrogens (tertiary/aromatic N) is 2. The molecule has 1 atom stereocenters. The molecule has 3 heteroatoms. The van der Waals surface area contributed by atoms with Gasteiger partial charge in [-0.1, -0.05) is 32.0 Å². The molecule has 1 aromatic heterocycles. The van der Waals surface area contributed by atoms with E-state index in [-0.39, 0.29) is 0 Å². The molecule has 0 spiro atoms. The van der Waals surface area contributed by atoms with Crippen LogP contribution in [-0.4, -0.2) is 18.1 Å². The molecule has 2 aromatic rings. The summed E-state index contributed by atoms with van der Waals surface area (Å²) in [5.41, 5.74) is 5.08. The molecule has 21 heavy (non-hydrogen) atoms. The largest absolute Gasteiger partial charge is 0.340 e. The van der Waals surface area contributed by atoms with Crippen LogP contribution in [0.5, 0.6) is 0 Å². The average molecular weight is 281 g/mol. The third-order valence-corrected chi connectivity index (χ3v) is 4.19. The van der Waals surface area contributed by atoms with Gasteiger partial charge in [-0.25, -0.2) is 0 Å². The first kappa shape index (κ1) is 14.1. The fraction of sp³-hybridized carbons (Fsp3) is 0.389. The van der Waals surface area contributed by atoms with Gasteiger partial charge >= 0.3 is 0 Å². The van der Waals surface area contributed by atoms with Crippen LogP contribution in [-0.2, 0) is 6.42 Å². The number of nitrogens with one attached hydrogen (secondary N) is 1. The van der Waals surface area contributed by atoms with E-state index in [0.29, 0.717) is 6.04 Å². The Balaban J connectivity index is 1.82. The Labute approximate surface area is 127 Å². The van der Waals surface area contributed by atoms with Gasteiger partial charge in [0.25, 0.3) is 0 Å². The lowest BCUT2D eigenvalue weighted by Crippen LogP contribution is -2.21. The van der Waals surface area contributed by atoms with Gasteiger partial charge in [-0.2, -0.15) is 0 Å². The summed E-state index contributed by atoms with van der Waals surface area (Å²) in [4.78, 5) is 7.04. The van der Waals surface area contributed by atoms with Gasteiger partial charge in [0.05, 0.1) is 17.6 Å². The summed E-state index contributed by atoms with van der Waals surface area (Å²) >= 11 is 0. The predicted octanol–water partition coefficient (Wildman–Crippen LogP) is 3.84. The minimum Gasteiger partial charge on any atom is -0.340 e. The molecule has 1 aliphatic heterocycles. The minimum atomic E-state index is 0.356. The first-order valence-corrected chi connectivity index (χ1v) is 7.88. The van der Waals surface area contributed by atoms with Crippen LogP contribution in [0.3, 0.4) is 0 Å². The van der Waals surface area contributed by atoms with E-state index in [4.69, 9.17) is 0 Å².